The zero-order chi connectivity index (χ0) is 11.0. The molecule has 0 radical (unpaired) electrons. The van der Waals surface area contributed by atoms with E-state index in [0.717, 1.165) is 21.7 Å². The van der Waals surface area contributed by atoms with Crippen LogP contribution in [0.5, 0.6) is 0 Å². The quantitative estimate of drug-likeness (QED) is 0.797. The summed E-state index contributed by atoms with van der Waals surface area (Å²) in [7, 11) is 0. The van der Waals surface area contributed by atoms with Crippen molar-refractivity contribution in [1.82, 2.24) is 5.32 Å². The highest BCUT2D eigenvalue weighted by Gasteiger charge is 2.22. The van der Waals surface area contributed by atoms with Gasteiger partial charge in [-0.3, -0.25) is 4.79 Å². The van der Waals surface area contributed by atoms with Gasteiger partial charge < -0.3 is 5.32 Å². The summed E-state index contributed by atoms with van der Waals surface area (Å²) in [5, 5.41) is 4.91. The van der Waals surface area contributed by atoms with Gasteiger partial charge in [0, 0.05) is 16.0 Å². The lowest BCUT2D eigenvalue weighted by molar-refractivity contribution is 0.0981. The Hall–Kier alpha value is -1.87. The Bertz CT molecular complexity index is 569. The van der Waals surface area contributed by atoms with Gasteiger partial charge >= 0.3 is 0 Å². The van der Waals surface area contributed by atoms with E-state index >= 15 is 0 Å². The highest BCUT2D eigenvalue weighted by molar-refractivity contribution is 7.10. The van der Waals surface area contributed by atoms with Crippen molar-refractivity contribution in [2.24, 2.45) is 0 Å². The van der Waals surface area contributed by atoms with E-state index in [1.807, 2.05) is 47.9 Å². The Morgan fingerprint density at radius 1 is 1.06 bits per heavy atom. The van der Waals surface area contributed by atoms with Gasteiger partial charge in [-0.25, -0.2) is 0 Å². The van der Waals surface area contributed by atoms with Crippen LogP contribution in [0.3, 0.4) is 0 Å². The van der Waals surface area contributed by atoms with E-state index in [9.17, 15) is 4.79 Å². The zero-order valence-electron chi connectivity index (χ0n) is 8.44. The highest BCUT2D eigenvalue weighted by atomic mass is 32.1. The number of fused-ring (bicyclic) bond motifs is 1. The highest BCUT2D eigenvalue weighted by Crippen LogP contribution is 2.26. The van der Waals surface area contributed by atoms with Crippen LogP contribution >= 0.6 is 11.3 Å². The van der Waals surface area contributed by atoms with Crippen LogP contribution in [0.25, 0.3) is 11.8 Å². The average molecular weight is 227 g/mol. The van der Waals surface area contributed by atoms with Crippen molar-refractivity contribution < 1.29 is 4.79 Å². The number of thiophene rings is 1. The lowest BCUT2D eigenvalue weighted by Gasteiger charge is -1.97. The average Bonchev–Trinajstić information content (AvgIpc) is 2.90. The molecule has 2 aromatic rings. The summed E-state index contributed by atoms with van der Waals surface area (Å²) < 4.78 is 0. The molecule has 2 heterocycles. The maximum atomic E-state index is 11.7. The number of nitrogens with one attached hydrogen (secondary N) is 1. The third-order valence-corrected chi connectivity index (χ3v) is 3.36. The number of benzene rings is 1. The number of hydrogen-bond acceptors (Lipinski definition) is 2. The molecule has 78 valence electrons. The van der Waals surface area contributed by atoms with E-state index in [1.54, 1.807) is 11.3 Å². The summed E-state index contributed by atoms with van der Waals surface area (Å²) in [6.45, 7) is 0. The second-order valence-electron chi connectivity index (χ2n) is 3.57. The first-order valence-electron chi connectivity index (χ1n) is 5.00. The Balaban J connectivity index is 2.10. The molecule has 0 fully saturated rings. The molecular weight excluding hydrogens is 218 g/mol. The van der Waals surface area contributed by atoms with Crippen molar-refractivity contribution in [3.63, 3.8) is 0 Å². The van der Waals surface area contributed by atoms with Crippen molar-refractivity contribution in [2.75, 3.05) is 0 Å². The van der Waals surface area contributed by atoms with Gasteiger partial charge in [0.15, 0.2) is 0 Å². The summed E-state index contributed by atoms with van der Waals surface area (Å²) in [5.41, 5.74) is 2.63. The lowest BCUT2D eigenvalue weighted by atomic mass is 10.1. The Labute approximate surface area is 97.2 Å². The first-order chi connectivity index (χ1) is 7.84. The van der Waals surface area contributed by atoms with Gasteiger partial charge in [0.2, 0.25) is 0 Å². The Morgan fingerprint density at radius 3 is 2.62 bits per heavy atom. The van der Waals surface area contributed by atoms with Crippen LogP contribution in [0.15, 0.2) is 41.8 Å². The van der Waals surface area contributed by atoms with E-state index in [2.05, 4.69) is 5.32 Å². The fraction of sp³-hybridized carbons (Fsp3) is 0. The molecule has 0 spiro atoms. The summed E-state index contributed by atoms with van der Waals surface area (Å²) in [4.78, 5) is 12.8. The molecule has 3 rings (SSSR count). The SMILES string of the molecule is O=C1N/C(=C\c2cccs2)c2ccccc21. The predicted molar refractivity (Wildman–Crippen MR) is 66.1 cm³/mol. The summed E-state index contributed by atoms with van der Waals surface area (Å²) in [5.74, 6) is -0.0154. The molecule has 1 aromatic heterocycles. The third kappa shape index (κ3) is 1.46. The minimum Gasteiger partial charge on any atom is -0.321 e. The van der Waals surface area contributed by atoms with Crippen LogP contribution in [0.2, 0.25) is 0 Å². The van der Waals surface area contributed by atoms with Crippen molar-refractivity contribution in [2.45, 2.75) is 0 Å². The minimum absolute atomic E-state index is 0.0154. The molecule has 1 amide bonds. The fourth-order valence-corrected chi connectivity index (χ4v) is 2.46. The molecular formula is C13H9NOS. The number of amides is 1. The van der Waals surface area contributed by atoms with Crippen LogP contribution < -0.4 is 5.32 Å². The molecule has 0 atom stereocenters. The van der Waals surface area contributed by atoms with E-state index in [4.69, 9.17) is 0 Å². The fourth-order valence-electron chi connectivity index (χ4n) is 1.80. The molecule has 16 heavy (non-hydrogen) atoms. The largest absolute Gasteiger partial charge is 0.321 e. The molecule has 2 nitrogen and oxygen atoms in total. The number of carbonyl (C=O) groups is 1. The second-order valence-corrected chi connectivity index (χ2v) is 4.55. The van der Waals surface area contributed by atoms with Gasteiger partial charge in [0.1, 0.15) is 0 Å². The van der Waals surface area contributed by atoms with E-state index in [0.29, 0.717) is 0 Å². The van der Waals surface area contributed by atoms with Crippen molar-refractivity contribution >= 4 is 29.0 Å². The monoisotopic (exact) mass is 227 g/mol. The first-order valence-corrected chi connectivity index (χ1v) is 5.88. The zero-order valence-corrected chi connectivity index (χ0v) is 9.25. The lowest BCUT2D eigenvalue weighted by Crippen LogP contribution is -2.11. The van der Waals surface area contributed by atoms with E-state index < -0.39 is 0 Å². The molecule has 0 unspecified atom stereocenters. The van der Waals surface area contributed by atoms with Crippen molar-refractivity contribution in [3.05, 3.63) is 57.8 Å². The molecule has 1 aromatic carbocycles. The smallest absolute Gasteiger partial charge is 0.256 e. The van der Waals surface area contributed by atoms with E-state index in [-0.39, 0.29) is 5.91 Å². The summed E-state index contributed by atoms with van der Waals surface area (Å²) in [6, 6.07) is 11.7. The van der Waals surface area contributed by atoms with Crippen LogP contribution in [0.4, 0.5) is 0 Å². The molecule has 0 saturated heterocycles. The van der Waals surface area contributed by atoms with Gasteiger partial charge in [-0.1, -0.05) is 24.3 Å². The standard InChI is InChI=1S/C13H9NOS/c15-13-11-6-2-1-5-10(11)12(14-13)8-9-4-3-7-16-9/h1-8H,(H,14,15)/b12-8-. The molecule has 0 saturated carbocycles. The van der Waals surface area contributed by atoms with Gasteiger partial charge in [0.05, 0.1) is 5.70 Å². The number of rotatable bonds is 1. The molecule has 0 bridgehead atoms. The Kier molecular flexibility index (Phi) is 2.11. The molecule has 3 heteroatoms. The molecule has 1 aliphatic rings. The van der Waals surface area contributed by atoms with Crippen LogP contribution in [-0.2, 0) is 0 Å². The van der Waals surface area contributed by atoms with Crippen LogP contribution in [-0.4, -0.2) is 5.91 Å². The molecule has 0 aliphatic carbocycles. The maximum Gasteiger partial charge on any atom is 0.256 e. The van der Waals surface area contributed by atoms with Gasteiger partial charge in [0.25, 0.3) is 5.91 Å². The van der Waals surface area contributed by atoms with Crippen molar-refractivity contribution in [1.29, 1.82) is 0 Å². The summed E-state index contributed by atoms with van der Waals surface area (Å²) >= 11 is 1.66. The normalized spacial score (nSPS) is 16.2. The van der Waals surface area contributed by atoms with Gasteiger partial charge in [-0.15, -0.1) is 11.3 Å². The van der Waals surface area contributed by atoms with E-state index in [1.165, 1.54) is 0 Å². The topological polar surface area (TPSA) is 29.1 Å². The van der Waals surface area contributed by atoms with Crippen LogP contribution in [0, 0.1) is 0 Å². The third-order valence-electron chi connectivity index (χ3n) is 2.54. The first kappa shape index (κ1) is 9.36. The summed E-state index contributed by atoms with van der Waals surface area (Å²) in [6.07, 6.45) is 2.01. The van der Waals surface area contributed by atoms with Gasteiger partial charge in [-0.2, -0.15) is 0 Å². The molecule has 1 aliphatic heterocycles. The molecule has 1 N–H and O–H groups in total. The van der Waals surface area contributed by atoms with Crippen molar-refractivity contribution in [3.8, 4) is 0 Å². The van der Waals surface area contributed by atoms with Gasteiger partial charge in [-0.05, 0) is 23.6 Å². The Morgan fingerprint density at radius 2 is 1.88 bits per heavy atom. The number of carbonyl (C=O) groups excluding carboxylic acids is 1. The second kappa shape index (κ2) is 3.61. The van der Waals surface area contributed by atoms with Crippen LogP contribution in [0.1, 0.15) is 20.8 Å². The number of hydrogen-bond donors (Lipinski definition) is 1. The predicted octanol–water partition coefficient (Wildman–Crippen LogP) is 2.99. The minimum atomic E-state index is -0.0154. The maximum absolute atomic E-state index is 11.7.